The van der Waals surface area contributed by atoms with Crippen LogP contribution in [-0.4, -0.2) is 38.3 Å². The number of ketones is 1. The van der Waals surface area contributed by atoms with Crippen LogP contribution in [-0.2, 0) is 16.0 Å². The third kappa shape index (κ3) is 3.34. The van der Waals surface area contributed by atoms with Gasteiger partial charge in [0.2, 0.25) is 0 Å². The average molecular weight is 404 g/mol. The molecule has 0 spiro atoms. The molecule has 6 nitrogen and oxygen atoms in total. The second-order valence-corrected chi connectivity index (χ2v) is 7.89. The molecule has 6 heteroatoms. The zero-order valence-electron chi connectivity index (χ0n) is 16.9. The van der Waals surface area contributed by atoms with Crippen LogP contribution in [0.1, 0.15) is 31.0 Å². The molecule has 1 aliphatic heterocycles. The van der Waals surface area contributed by atoms with E-state index in [1.807, 2.05) is 30.5 Å². The number of phenols is 1. The van der Waals surface area contributed by atoms with Crippen LogP contribution >= 0.6 is 0 Å². The number of Topliss-reactive ketones (excluding diaryl/α,β-unsaturated/α-hetero) is 1. The summed E-state index contributed by atoms with van der Waals surface area (Å²) < 4.78 is 0. The van der Waals surface area contributed by atoms with Crippen molar-refractivity contribution in [2.45, 2.75) is 26.3 Å². The fraction of sp³-hybridized carbons (Fsp3) is 0.250. The van der Waals surface area contributed by atoms with Crippen molar-refractivity contribution < 1.29 is 19.8 Å². The molecule has 0 fully saturated rings. The molecule has 1 aromatic heterocycles. The van der Waals surface area contributed by atoms with Crippen LogP contribution in [0.3, 0.4) is 0 Å². The third-order valence-electron chi connectivity index (χ3n) is 5.58. The summed E-state index contributed by atoms with van der Waals surface area (Å²) in [5.41, 5.74) is 2.76. The minimum atomic E-state index is -0.732. The van der Waals surface area contributed by atoms with Crippen molar-refractivity contribution in [1.82, 2.24) is 9.88 Å². The van der Waals surface area contributed by atoms with Crippen molar-refractivity contribution in [3.8, 4) is 5.75 Å². The average Bonchev–Trinajstić information content (AvgIpc) is 3.25. The molecule has 1 aliphatic rings. The predicted molar refractivity (Wildman–Crippen MR) is 114 cm³/mol. The van der Waals surface area contributed by atoms with Gasteiger partial charge in [0.05, 0.1) is 11.6 Å². The number of benzene rings is 2. The number of phenolic OH excluding ortho intramolecular Hbond substituents is 1. The van der Waals surface area contributed by atoms with E-state index in [9.17, 15) is 19.8 Å². The first-order chi connectivity index (χ1) is 14.4. The predicted octanol–water partition coefficient (Wildman–Crippen LogP) is 4.04. The molecule has 1 atom stereocenters. The van der Waals surface area contributed by atoms with Gasteiger partial charge < -0.3 is 20.1 Å². The van der Waals surface area contributed by atoms with Crippen LogP contribution in [0.2, 0.25) is 0 Å². The Morgan fingerprint density at radius 1 is 1.13 bits per heavy atom. The van der Waals surface area contributed by atoms with Crippen LogP contribution in [0, 0.1) is 5.92 Å². The summed E-state index contributed by atoms with van der Waals surface area (Å²) in [7, 11) is 0. The van der Waals surface area contributed by atoms with E-state index in [2.05, 4.69) is 4.98 Å². The lowest BCUT2D eigenvalue weighted by Crippen LogP contribution is -2.33. The lowest BCUT2D eigenvalue weighted by Gasteiger charge is -2.27. The largest absolute Gasteiger partial charge is 0.508 e. The Morgan fingerprint density at radius 3 is 2.63 bits per heavy atom. The topological polar surface area (TPSA) is 93.6 Å². The van der Waals surface area contributed by atoms with E-state index in [4.69, 9.17) is 0 Å². The SMILES string of the molecule is CC(C)C(=O)C1=C(O)C(=O)N(CCc2c[nH]c3ccccc23)C1c1cccc(O)c1. The molecule has 0 aliphatic carbocycles. The number of hydrogen-bond acceptors (Lipinski definition) is 4. The number of carbonyl (C=O) groups excluding carboxylic acids is 2. The van der Waals surface area contributed by atoms with E-state index in [1.165, 1.54) is 17.0 Å². The van der Waals surface area contributed by atoms with E-state index < -0.39 is 17.7 Å². The van der Waals surface area contributed by atoms with Crippen LogP contribution in [0.25, 0.3) is 10.9 Å². The lowest BCUT2D eigenvalue weighted by atomic mass is 9.91. The van der Waals surface area contributed by atoms with Gasteiger partial charge in [-0.25, -0.2) is 0 Å². The Bertz CT molecular complexity index is 1160. The maximum Gasteiger partial charge on any atom is 0.290 e. The summed E-state index contributed by atoms with van der Waals surface area (Å²) in [6, 6.07) is 13.7. The molecule has 30 heavy (non-hydrogen) atoms. The molecule has 3 aromatic rings. The zero-order valence-corrected chi connectivity index (χ0v) is 16.9. The van der Waals surface area contributed by atoms with E-state index in [0.29, 0.717) is 18.5 Å². The first kappa shape index (κ1) is 19.8. The van der Waals surface area contributed by atoms with Crippen molar-refractivity contribution in [1.29, 1.82) is 0 Å². The van der Waals surface area contributed by atoms with E-state index in [0.717, 1.165) is 16.5 Å². The molecule has 1 unspecified atom stereocenters. The first-order valence-corrected chi connectivity index (χ1v) is 10.0. The Balaban J connectivity index is 1.70. The van der Waals surface area contributed by atoms with Gasteiger partial charge in [0.15, 0.2) is 11.5 Å². The van der Waals surface area contributed by atoms with Crippen molar-refractivity contribution in [3.05, 3.63) is 77.2 Å². The number of nitrogens with one attached hydrogen (secondary N) is 1. The highest BCUT2D eigenvalue weighted by Gasteiger charge is 2.43. The number of H-pyrrole nitrogens is 1. The summed E-state index contributed by atoms with van der Waals surface area (Å²) >= 11 is 0. The highest BCUT2D eigenvalue weighted by molar-refractivity contribution is 6.09. The number of fused-ring (bicyclic) bond motifs is 1. The van der Waals surface area contributed by atoms with Gasteiger partial charge in [0.1, 0.15) is 5.75 Å². The number of nitrogens with zero attached hydrogens (tertiary/aromatic N) is 1. The molecular formula is C24H24N2O4. The van der Waals surface area contributed by atoms with Crippen LogP contribution in [0.4, 0.5) is 0 Å². The van der Waals surface area contributed by atoms with Gasteiger partial charge in [-0.15, -0.1) is 0 Å². The molecule has 2 heterocycles. The number of aliphatic hydroxyl groups is 1. The maximum atomic E-state index is 12.9. The Morgan fingerprint density at radius 2 is 1.90 bits per heavy atom. The number of aliphatic hydroxyl groups excluding tert-OH is 1. The Kier molecular flexibility index (Phi) is 5.08. The monoisotopic (exact) mass is 404 g/mol. The van der Waals surface area contributed by atoms with Gasteiger partial charge in [0, 0.05) is 29.6 Å². The molecule has 1 amide bonds. The van der Waals surface area contributed by atoms with Crippen molar-refractivity contribution in [2.24, 2.45) is 5.92 Å². The van der Waals surface area contributed by atoms with Gasteiger partial charge in [-0.2, -0.15) is 0 Å². The standard InChI is InChI=1S/C24H24N2O4/c1-14(2)22(28)20-21(15-6-5-7-17(27)12-15)26(24(30)23(20)29)11-10-16-13-25-19-9-4-3-8-18(16)19/h3-9,12-14,21,25,27,29H,10-11H2,1-2H3. The molecule has 2 aromatic carbocycles. The van der Waals surface area contributed by atoms with Crippen LogP contribution in [0.5, 0.6) is 5.75 Å². The normalized spacial score (nSPS) is 16.8. The zero-order chi connectivity index (χ0) is 21.4. The van der Waals surface area contributed by atoms with Crippen molar-refractivity contribution in [2.75, 3.05) is 6.54 Å². The quantitative estimate of drug-likeness (QED) is 0.578. The molecule has 0 radical (unpaired) electrons. The first-order valence-electron chi connectivity index (χ1n) is 10.0. The highest BCUT2D eigenvalue weighted by Crippen LogP contribution is 2.39. The molecule has 3 N–H and O–H groups in total. The van der Waals surface area contributed by atoms with E-state index in [-0.39, 0.29) is 23.0 Å². The van der Waals surface area contributed by atoms with Gasteiger partial charge >= 0.3 is 0 Å². The van der Waals surface area contributed by atoms with Gasteiger partial charge in [0.25, 0.3) is 5.91 Å². The van der Waals surface area contributed by atoms with Crippen LogP contribution in [0.15, 0.2) is 66.1 Å². The molecule has 0 bridgehead atoms. The summed E-state index contributed by atoms with van der Waals surface area (Å²) in [6.45, 7) is 3.79. The smallest absolute Gasteiger partial charge is 0.290 e. The molecule has 4 rings (SSSR count). The lowest BCUT2D eigenvalue weighted by molar-refractivity contribution is -0.129. The van der Waals surface area contributed by atoms with Crippen LogP contribution < -0.4 is 0 Å². The van der Waals surface area contributed by atoms with Crippen molar-refractivity contribution >= 4 is 22.6 Å². The molecule has 0 saturated carbocycles. The molecular weight excluding hydrogens is 380 g/mol. The molecule has 0 saturated heterocycles. The third-order valence-corrected chi connectivity index (χ3v) is 5.58. The minimum Gasteiger partial charge on any atom is -0.508 e. The van der Waals surface area contributed by atoms with Gasteiger partial charge in [-0.1, -0.05) is 44.2 Å². The Hall–Kier alpha value is -3.54. The number of carbonyl (C=O) groups is 2. The Labute approximate surface area is 174 Å². The summed E-state index contributed by atoms with van der Waals surface area (Å²) in [6.07, 6.45) is 2.48. The number of para-hydroxylation sites is 1. The van der Waals surface area contributed by atoms with Gasteiger partial charge in [-0.3, -0.25) is 9.59 Å². The van der Waals surface area contributed by atoms with Crippen molar-refractivity contribution in [3.63, 3.8) is 0 Å². The number of aromatic amines is 1. The number of hydrogen-bond donors (Lipinski definition) is 3. The highest BCUT2D eigenvalue weighted by atomic mass is 16.3. The fourth-order valence-electron chi connectivity index (χ4n) is 4.07. The number of rotatable bonds is 6. The summed E-state index contributed by atoms with van der Waals surface area (Å²) in [5, 5.41) is 21.6. The second-order valence-electron chi connectivity index (χ2n) is 7.89. The van der Waals surface area contributed by atoms with E-state index >= 15 is 0 Å². The summed E-state index contributed by atoms with van der Waals surface area (Å²) in [4.78, 5) is 30.5. The minimum absolute atomic E-state index is 0.0410. The molecule has 154 valence electrons. The fourth-order valence-corrected chi connectivity index (χ4v) is 4.07. The number of aromatic nitrogens is 1. The summed E-state index contributed by atoms with van der Waals surface area (Å²) in [5.74, 6) is -1.67. The van der Waals surface area contributed by atoms with E-state index in [1.54, 1.807) is 26.0 Å². The number of aromatic hydroxyl groups is 1. The number of amides is 1. The second kappa shape index (κ2) is 7.71. The maximum absolute atomic E-state index is 12.9. The van der Waals surface area contributed by atoms with Gasteiger partial charge in [-0.05, 0) is 35.7 Å².